The number of nitro groups is 2. The highest BCUT2D eigenvalue weighted by molar-refractivity contribution is 5.83. The van der Waals surface area contributed by atoms with E-state index in [1.807, 2.05) is 48.5 Å². The molecule has 8 heteroatoms. The lowest BCUT2D eigenvalue weighted by Crippen LogP contribution is -1.89. The molecule has 0 saturated carbocycles. The first-order chi connectivity index (χ1) is 17.0. The molecule has 0 unspecified atom stereocenters. The van der Waals surface area contributed by atoms with Gasteiger partial charge >= 0.3 is 0 Å². The minimum atomic E-state index is -0.428. The van der Waals surface area contributed by atoms with Gasteiger partial charge in [-0.05, 0) is 52.9 Å². The van der Waals surface area contributed by atoms with Crippen LogP contribution in [-0.2, 0) is 6.42 Å². The molecule has 4 aromatic rings. The molecule has 0 fully saturated rings. The predicted octanol–water partition coefficient (Wildman–Crippen LogP) is 6.60. The molecule has 172 valence electrons. The molecule has 0 atom stereocenters. The summed E-state index contributed by atoms with van der Waals surface area (Å²) in [6.45, 7) is 0. The number of hydrogen-bond donors (Lipinski definition) is 0. The van der Waals surface area contributed by atoms with Gasteiger partial charge in [0.25, 0.3) is 11.4 Å². The smallest absolute Gasteiger partial charge is 0.258 e. The first kappa shape index (κ1) is 23.2. The SMILES string of the molecule is O=[N+]([O-])c1cccc(/C=N/c2ccc(Cc3ccc(/N=C/c4cccc([N+](=O)[O-])c4)cc3)cc2)c1. The Hall–Kier alpha value is -4.98. The van der Waals surface area contributed by atoms with Crippen LogP contribution in [0.25, 0.3) is 0 Å². The molecule has 0 bridgehead atoms. The highest BCUT2D eigenvalue weighted by Crippen LogP contribution is 2.20. The molecule has 0 aliphatic carbocycles. The molecule has 35 heavy (non-hydrogen) atoms. The lowest BCUT2D eigenvalue weighted by molar-refractivity contribution is -0.385. The van der Waals surface area contributed by atoms with Gasteiger partial charge < -0.3 is 0 Å². The summed E-state index contributed by atoms with van der Waals surface area (Å²) in [4.78, 5) is 29.7. The van der Waals surface area contributed by atoms with Gasteiger partial charge in [-0.1, -0.05) is 48.5 Å². The van der Waals surface area contributed by atoms with Crippen molar-refractivity contribution in [3.63, 3.8) is 0 Å². The van der Waals surface area contributed by atoms with Gasteiger partial charge in [-0.3, -0.25) is 30.2 Å². The van der Waals surface area contributed by atoms with Gasteiger partial charge in [0.2, 0.25) is 0 Å². The van der Waals surface area contributed by atoms with E-state index < -0.39 is 9.85 Å². The summed E-state index contributed by atoms with van der Waals surface area (Å²) in [6, 6.07) is 28.2. The monoisotopic (exact) mass is 464 g/mol. The Labute approximate surface area is 201 Å². The second-order valence-corrected chi connectivity index (χ2v) is 7.73. The Balaban J connectivity index is 1.36. The molecule has 0 aromatic heterocycles. The summed E-state index contributed by atoms with van der Waals surface area (Å²) < 4.78 is 0. The van der Waals surface area contributed by atoms with Gasteiger partial charge in [-0.15, -0.1) is 0 Å². The normalized spacial score (nSPS) is 11.2. The van der Waals surface area contributed by atoms with Gasteiger partial charge in [0.05, 0.1) is 21.2 Å². The molecular formula is C27H20N4O4. The van der Waals surface area contributed by atoms with Crippen LogP contribution >= 0.6 is 0 Å². The minimum absolute atomic E-state index is 0.0325. The lowest BCUT2D eigenvalue weighted by atomic mass is 10.0. The topological polar surface area (TPSA) is 111 Å². The number of nitrogens with zero attached hydrogens (tertiary/aromatic N) is 4. The van der Waals surface area contributed by atoms with Gasteiger partial charge in [0.15, 0.2) is 0 Å². The Kier molecular flexibility index (Phi) is 7.13. The van der Waals surface area contributed by atoms with Crippen molar-refractivity contribution in [2.24, 2.45) is 9.98 Å². The zero-order valence-electron chi connectivity index (χ0n) is 18.5. The van der Waals surface area contributed by atoms with Gasteiger partial charge in [0, 0.05) is 36.7 Å². The van der Waals surface area contributed by atoms with Gasteiger partial charge in [-0.25, -0.2) is 0 Å². The average Bonchev–Trinajstić information content (AvgIpc) is 2.88. The molecule has 0 aliphatic heterocycles. The molecule has 0 amide bonds. The number of hydrogen-bond acceptors (Lipinski definition) is 6. The zero-order chi connectivity index (χ0) is 24.6. The Morgan fingerprint density at radius 3 is 1.37 bits per heavy atom. The van der Waals surface area contributed by atoms with E-state index in [9.17, 15) is 20.2 Å². The highest BCUT2D eigenvalue weighted by Gasteiger charge is 2.05. The summed E-state index contributed by atoms with van der Waals surface area (Å²) in [5, 5.41) is 21.8. The predicted molar refractivity (Wildman–Crippen MR) is 136 cm³/mol. The molecule has 0 radical (unpaired) electrons. The minimum Gasteiger partial charge on any atom is -0.258 e. The average molecular weight is 464 g/mol. The van der Waals surface area contributed by atoms with E-state index in [1.54, 1.807) is 36.7 Å². The van der Waals surface area contributed by atoms with Crippen LogP contribution in [0.5, 0.6) is 0 Å². The summed E-state index contributed by atoms with van der Waals surface area (Å²) >= 11 is 0. The Morgan fingerprint density at radius 2 is 1.00 bits per heavy atom. The van der Waals surface area contributed by atoms with Crippen LogP contribution in [0, 0.1) is 20.2 Å². The largest absolute Gasteiger partial charge is 0.270 e. The van der Waals surface area contributed by atoms with Gasteiger partial charge in [-0.2, -0.15) is 0 Å². The van der Waals surface area contributed by atoms with E-state index >= 15 is 0 Å². The number of rotatable bonds is 8. The van der Waals surface area contributed by atoms with Crippen molar-refractivity contribution in [2.45, 2.75) is 6.42 Å². The molecule has 0 spiro atoms. The standard InChI is InChI=1S/C27H20N4O4/c32-30(33)26-5-1-3-22(16-26)18-28-24-11-7-20(8-12-24)15-21-9-13-25(14-10-21)29-19-23-4-2-6-27(17-23)31(34)35/h1-14,16-19H,15H2/b28-18+,29-19+. The van der Waals surface area contributed by atoms with Gasteiger partial charge in [0.1, 0.15) is 0 Å². The van der Waals surface area contributed by atoms with Crippen molar-refractivity contribution in [1.82, 2.24) is 0 Å². The van der Waals surface area contributed by atoms with Crippen molar-refractivity contribution in [3.05, 3.63) is 140 Å². The number of non-ortho nitro benzene ring substituents is 2. The molecule has 4 aromatic carbocycles. The van der Waals surface area contributed by atoms with Crippen molar-refractivity contribution in [1.29, 1.82) is 0 Å². The number of aliphatic imine (C=N–C) groups is 2. The number of benzene rings is 4. The van der Waals surface area contributed by atoms with Crippen molar-refractivity contribution in [3.8, 4) is 0 Å². The van der Waals surface area contributed by atoms with Crippen LogP contribution in [0.3, 0.4) is 0 Å². The maximum absolute atomic E-state index is 10.9. The summed E-state index contributed by atoms with van der Waals surface area (Å²) in [6.07, 6.45) is 3.95. The maximum atomic E-state index is 10.9. The first-order valence-electron chi connectivity index (χ1n) is 10.7. The summed E-state index contributed by atoms with van der Waals surface area (Å²) in [5.41, 5.74) is 5.14. The third-order valence-electron chi connectivity index (χ3n) is 5.17. The van der Waals surface area contributed by atoms with E-state index in [4.69, 9.17) is 0 Å². The van der Waals surface area contributed by atoms with E-state index in [1.165, 1.54) is 24.3 Å². The third kappa shape index (κ3) is 6.52. The lowest BCUT2D eigenvalue weighted by Gasteiger charge is -2.03. The number of nitro benzene ring substituents is 2. The second-order valence-electron chi connectivity index (χ2n) is 7.73. The van der Waals surface area contributed by atoms with Crippen LogP contribution in [0.2, 0.25) is 0 Å². The molecule has 0 aliphatic rings. The van der Waals surface area contributed by atoms with Crippen LogP contribution in [0.1, 0.15) is 22.3 Å². The fourth-order valence-electron chi connectivity index (χ4n) is 3.37. The second kappa shape index (κ2) is 10.8. The molecular weight excluding hydrogens is 444 g/mol. The molecule has 0 N–H and O–H groups in total. The van der Waals surface area contributed by atoms with E-state index in [2.05, 4.69) is 9.98 Å². The Bertz CT molecular complexity index is 1300. The van der Waals surface area contributed by atoms with Crippen molar-refractivity contribution in [2.75, 3.05) is 0 Å². The van der Waals surface area contributed by atoms with E-state index in [-0.39, 0.29) is 11.4 Å². The highest BCUT2D eigenvalue weighted by atomic mass is 16.6. The first-order valence-corrected chi connectivity index (χ1v) is 10.7. The van der Waals surface area contributed by atoms with Crippen molar-refractivity contribution >= 4 is 35.2 Å². The molecule has 0 saturated heterocycles. The molecule has 0 heterocycles. The fourth-order valence-corrected chi connectivity index (χ4v) is 3.37. The Morgan fingerprint density at radius 1 is 0.600 bits per heavy atom. The van der Waals surface area contributed by atoms with Crippen LogP contribution in [0.4, 0.5) is 22.7 Å². The van der Waals surface area contributed by atoms with Crippen LogP contribution < -0.4 is 0 Å². The molecule has 8 nitrogen and oxygen atoms in total. The third-order valence-corrected chi connectivity index (χ3v) is 5.17. The molecule has 4 rings (SSSR count). The van der Waals surface area contributed by atoms with Crippen LogP contribution in [-0.4, -0.2) is 22.3 Å². The zero-order valence-corrected chi connectivity index (χ0v) is 18.5. The van der Waals surface area contributed by atoms with Crippen LogP contribution in [0.15, 0.2) is 107 Å². The maximum Gasteiger partial charge on any atom is 0.270 e. The van der Waals surface area contributed by atoms with E-state index in [0.29, 0.717) is 11.1 Å². The summed E-state index contributed by atoms with van der Waals surface area (Å²) in [5.74, 6) is 0. The van der Waals surface area contributed by atoms with Crippen molar-refractivity contribution < 1.29 is 9.85 Å². The summed E-state index contributed by atoms with van der Waals surface area (Å²) in [7, 11) is 0. The fraction of sp³-hybridized carbons (Fsp3) is 0.0370. The van der Waals surface area contributed by atoms with E-state index in [0.717, 1.165) is 28.9 Å². The quantitative estimate of drug-likeness (QED) is 0.166.